The van der Waals surface area contributed by atoms with Crippen LogP contribution in [0.3, 0.4) is 0 Å². The number of likely N-dealkylation sites (tertiary alicyclic amines) is 2. The van der Waals surface area contributed by atoms with Gasteiger partial charge in [0.1, 0.15) is 11.9 Å². The number of carboxylic acid groups (broad SMARTS) is 1. The van der Waals surface area contributed by atoms with Crippen molar-refractivity contribution < 1.29 is 14.7 Å². The highest BCUT2D eigenvalue weighted by atomic mass is 16.4. The third-order valence-electron chi connectivity index (χ3n) is 10.2. The Morgan fingerprint density at radius 2 is 1.75 bits per heavy atom. The second-order valence-corrected chi connectivity index (χ2v) is 14.0. The summed E-state index contributed by atoms with van der Waals surface area (Å²) in [5.74, 6) is 1.05. The molecule has 3 fully saturated rings. The van der Waals surface area contributed by atoms with Crippen LogP contribution in [-0.4, -0.2) is 121 Å². The molecule has 0 unspecified atom stereocenters. The van der Waals surface area contributed by atoms with Crippen LogP contribution in [0.1, 0.15) is 94.1 Å². The predicted molar refractivity (Wildman–Crippen MR) is 198 cm³/mol. The largest absolute Gasteiger partial charge is 0.480 e. The number of amides is 1. The standard InChI is InChI=1S/C36H58N12O3/c1-3-4-13-30-27(2)40-36(39-26-32-43-45-48(44-32)22-10-19-37-18-9-20-38-28-11-6-5-7-12-28)42-34(30)41-29-15-23-47(24-16-29)33(49)17-25-46-21-8-14-31(46)35(50)51/h3-4,13,28-29,31,37-38H,1,5-12,14-26H2,2H3,(H,50,51)(H2,39,40,41,42)/b13-4-/t31-/m1/s1. The van der Waals surface area contributed by atoms with E-state index in [9.17, 15) is 14.7 Å². The summed E-state index contributed by atoms with van der Waals surface area (Å²) in [6, 6.07) is 0.386. The summed E-state index contributed by atoms with van der Waals surface area (Å²) in [4.78, 5) is 39.4. The minimum Gasteiger partial charge on any atom is -0.480 e. The van der Waals surface area contributed by atoms with E-state index in [2.05, 4.69) is 48.2 Å². The maximum Gasteiger partial charge on any atom is 0.320 e. The van der Waals surface area contributed by atoms with Crippen molar-refractivity contribution in [1.29, 1.82) is 0 Å². The molecule has 1 amide bonds. The molecule has 5 N–H and O–H groups in total. The zero-order chi connectivity index (χ0) is 35.8. The lowest BCUT2D eigenvalue weighted by Gasteiger charge is -2.33. The molecule has 2 saturated heterocycles. The number of carbonyl (C=O) groups is 2. The molecule has 1 atom stereocenters. The summed E-state index contributed by atoms with van der Waals surface area (Å²) < 4.78 is 0. The summed E-state index contributed by atoms with van der Waals surface area (Å²) in [5.41, 5.74) is 1.70. The first-order valence-electron chi connectivity index (χ1n) is 19.0. The molecule has 2 aromatic rings. The normalized spacial score (nSPS) is 19.2. The number of aromatic nitrogens is 6. The smallest absolute Gasteiger partial charge is 0.320 e. The molecule has 2 aromatic heterocycles. The van der Waals surface area contributed by atoms with E-state index >= 15 is 0 Å². The molecule has 1 aliphatic carbocycles. The van der Waals surface area contributed by atoms with Crippen LogP contribution in [0, 0.1) is 6.92 Å². The molecule has 51 heavy (non-hydrogen) atoms. The van der Waals surface area contributed by atoms with Crippen molar-refractivity contribution in [1.82, 2.24) is 50.6 Å². The summed E-state index contributed by atoms with van der Waals surface area (Å²) >= 11 is 0. The van der Waals surface area contributed by atoms with Crippen LogP contribution in [-0.2, 0) is 22.7 Å². The van der Waals surface area contributed by atoms with Crippen molar-refractivity contribution in [2.75, 3.05) is 56.4 Å². The molecule has 280 valence electrons. The zero-order valence-corrected chi connectivity index (χ0v) is 30.4. The fraction of sp³-hybridized carbons (Fsp3) is 0.694. The molecule has 2 aliphatic heterocycles. The Hall–Kier alpha value is -3.95. The Morgan fingerprint density at radius 3 is 2.53 bits per heavy atom. The van der Waals surface area contributed by atoms with Crippen LogP contribution in [0.4, 0.5) is 11.8 Å². The molecular weight excluding hydrogens is 648 g/mol. The number of piperidine rings is 1. The van der Waals surface area contributed by atoms with Gasteiger partial charge in [-0.05, 0) is 95.8 Å². The number of allylic oxidation sites excluding steroid dienone is 2. The lowest BCUT2D eigenvalue weighted by atomic mass is 9.95. The average molecular weight is 707 g/mol. The summed E-state index contributed by atoms with van der Waals surface area (Å²) in [6.45, 7) is 12.3. The SMILES string of the molecule is C=C/C=C\c1c(C)nc(NCc2nnn(CCCNCCCNC3CCCCC3)n2)nc1NC1CCN(C(=O)CCN2CCC[C@@H]2C(=O)O)CC1. The third kappa shape index (κ3) is 12.1. The van der Waals surface area contributed by atoms with Crippen molar-refractivity contribution in [3.63, 3.8) is 0 Å². The van der Waals surface area contributed by atoms with Gasteiger partial charge in [-0.2, -0.15) is 9.78 Å². The second-order valence-electron chi connectivity index (χ2n) is 14.0. The molecular formula is C36H58N12O3. The Bertz CT molecular complexity index is 1430. The molecule has 15 heteroatoms. The van der Waals surface area contributed by atoms with Crippen LogP contribution in [0.5, 0.6) is 0 Å². The van der Waals surface area contributed by atoms with Crippen LogP contribution in [0.2, 0.25) is 0 Å². The summed E-state index contributed by atoms with van der Waals surface area (Å²) in [7, 11) is 0. The van der Waals surface area contributed by atoms with Crippen LogP contribution in [0.15, 0.2) is 18.7 Å². The summed E-state index contributed by atoms with van der Waals surface area (Å²) in [6.07, 6.45) is 17.8. The molecule has 1 saturated carbocycles. The van der Waals surface area contributed by atoms with Gasteiger partial charge >= 0.3 is 5.97 Å². The number of carbonyl (C=O) groups excluding carboxylic acids is 1. The van der Waals surface area contributed by atoms with Gasteiger partial charge in [0.25, 0.3) is 0 Å². The molecule has 15 nitrogen and oxygen atoms in total. The van der Waals surface area contributed by atoms with E-state index < -0.39 is 12.0 Å². The van der Waals surface area contributed by atoms with E-state index in [0.29, 0.717) is 57.3 Å². The number of aliphatic carboxylic acids is 1. The van der Waals surface area contributed by atoms with Crippen LogP contribution < -0.4 is 21.3 Å². The lowest BCUT2D eigenvalue weighted by Crippen LogP contribution is -2.44. The van der Waals surface area contributed by atoms with Gasteiger partial charge in [0.2, 0.25) is 11.9 Å². The quantitative estimate of drug-likeness (QED) is 0.100. The second kappa shape index (κ2) is 20.2. The number of hydrogen-bond donors (Lipinski definition) is 5. The molecule has 0 aromatic carbocycles. The Morgan fingerprint density at radius 1 is 0.941 bits per heavy atom. The average Bonchev–Trinajstić information content (AvgIpc) is 3.81. The van der Waals surface area contributed by atoms with Gasteiger partial charge in [-0.3, -0.25) is 14.5 Å². The number of anilines is 2. The minimum atomic E-state index is -0.797. The van der Waals surface area contributed by atoms with Gasteiger partial charge in [0.05, 0.1) is 18.8 Å². The number of nitrogens with zero attached hydrogens (tertiary/aromatic N) is 8. The maximum atomic E-state index is 13.0. The molecule has 3 aliphatic rings. The van der Waals surface area contributed by atoms with E-state index in [1.807, 2.05) is 28.9 Å². The van der Waals surface area contributed by atoms with Crippen molar-refractivity contribution in [3.8, 4) is 0 Å². The van der Waals surface area contributed by atoms with Gasteiger partial charge in [-0.25, -0.2) is 4.98 Å². The fourth-order valence-electron chi connectivity index (χ4n) is 7.27. The molecule has 4 heterocycles. The highest BCUT2D eigenvalue weighted by Gasteiger charge is 2.31. The first kappa shape index (κ1) is 38.3. The van der Waals surface area contributed by atoms with E-state index in [4.69, 9.17) is 4.98 Å². The van der Waals surface area contributed by atoms with E-state index in [0.717, 1.165) is 81.4 Å². The Balaban J connectivity index is 1.04. The van der Waals surface area contributed by atoms with E-state index in [-0.39, 0.29) is 11.9 Å². The fourth-order valence-corrected chi connectivity index (χ4v) is 7.27. The van der Waals surface area contributed by atoms with Gasteiger partial charge < -0.3 is 31.3 Å². The number of hydrogen-bond acceptors (Lipinski definition) is 12. The number of aryl methyl sites for hydroxylation is 2. The Labute approximate surface area is 302 Å². The van der Waals surface area contributed by atoms with Gasteiger partial charge in [-0.15, -0.1) is 10.2 Å². The van der Waals surface area contributed by atoms with Gasteiger partial charge in [-0.1, -0.05) is 38.0 Å². The number of rotatable bonds is 20. The number of nitrogens with one attached hydrogen (secondary N) is 4. The van der Waals surface area contributed by atoms with Crippen molar-refractivity contribution >= 4 is 29.7 Å². The van der Waals surface area contributed by atoms with Gasteiger partial charge in [0, 0.05) is 43.7 Å². The highest BCUT2D eigenvalue weighted by Crippen LogP contribution is 2.25. The first-order valence-corrected chi connectivity index (χ1v) is 19.0. The van der Waals surface area contributed by atoms with Crippen LogP contribution in [0.25, 0.3) is 6.08 Å². The predicted octanol–water partition coefficient (Wildman–Crippen LogP) is 3.22. The topological polar surface area (TPSA) is 178 Å². The highest BCUT2D eigenvalue weighted by molar-refractivity contribution is 5.77. The van der Waals surface area contributed by atoms with Crippen molar-refractivity contribution in [2.45, 2.75) is 115 Å². The van der Waals surface area contributed by atoms with Crippen LogP contribution >= 0.6 is 0 Å². The molecule has 0 bridgehead atoms. The molecule has 5 rings (SSSR count). The van der Waals surface area contributed by atoms with E-state index in [1.54, 1.807) is 10.9 Å². The first-order chi connectivity index (χ1) is 24.9. The molecule has 0 radical (unpaired) electrons. The zero-order valence-electron chi connectivity index (χ0n) is 30.4. The van der Waals surface area contributed by atoms with Crippen molar-refractivity contribution in [3.05, 3.63) is 35.8 Å². The minimum absolute atomic E-state index is 0.0821. The van der Waals surface area contributed by atoms with E-state index in [1.165, 1.54) is 32.1 Å². The van der Waals surface area contributed by atoms with Gasteiger partial charge in [0.15, 0.2) is 5.82 Å². The lowest BCUT2D eigenvalue weighted by molar-refractivity contribution is -0.143. The summed E-state index contributed by atoms with van der Waals surface area (Å²) in [5, 5.41) is 36.5. The Kier molecular flexibility index (Phi) is 15.2. The maximum absolute atomic E-state index is 13.0. The monoisotopic (exact) mass is 706 g/mol. The number of carboxylic acids is 1. The number of tetrazole rings is 1. The third-order valence-corrected chi connectivity index (χ3v) is 10.2. The van der Waals surface area contributed by atoms with Crippen molar-refractivity contribution in [2.24, 2.45) is 0 Å². The molecule has 0 spiro atoms.